The predicted octanol–water partition coefficient (Wildman–Crippen LogP) is -0.667. The highest BCUT2D eigenvalue weighted by Crippen LogP contribution is 1.99. The average molecular weight is 242 g/mol. The molecule has 17 heavy (non-hydrogen) atoms. The first-order chi connectivity index (χ1) is 8.00. The Morgan fingerprint density at radius 2 is 1.88 bits per heavy atom. The molecular formula is C12H26N4O. The second-order valence-electron chi connectivity index (χ2n) is 5.21. The molecule has 1 saturated heterocycles. The van der Waals surface area contributed by atoms with E-state index in [4.69, 9.17) is 5.73 Å². The molecule has 100 valence electrons. The van der Waals surface area contributed by atoms with E-state index < -0.39 is 0 Å². The Balaban J connectivity index is 2.13. The lowest BCUT2D eigenvalue weighted by Gasteiger charge is -2.32. The van der Waals surface area contributed by atoms with Gasteiger partial charge in [-0.3, -0.25) is 9.69 Å². The van der Waals surface area contributed by atoms with Gasteiger partial charge in [0.1, 0.15) is 0 Å². The first-order valence-corrected chi connectivity index (χ1v) is 6.45. The molecule has 0 aromatic heterocycles. The van der Waals surface area contributed by atoms with Crippen LogP contribution in [-0.2, 0) is 4.79 Å². The van der Waals surface area contributed by atoms with E-state index in [1.165, 1.54) is 0 Å². The van der Waals surface area contributed by atoms with Crippen molar-refractivity contribution in [1.82, 2.24) is 15.1 Å². The van der Waals surface area contributed by atoms with E-state index in [0.717, 1.165) is 32.7 Å². The molecule has 0 aromatic carbocycles. The third kappa shape index (κ3) is 5.02. The Hall–Kier alpha value is -0.650. The van der Waals surface area contributed by atoms with Crippen LogP contribution in [0.4, 0.5) is 0 Å². The van der Waals surface area contributed by atoms with Gasteiger partial charge in [0, 0.05) is 39.3 Å². The Kier molecular flexibility index (Phi) is 5.88. The summed E-state index contributed by atoms with van der Waals surface area (Å²) in [5.41, 5.74) is 5.77. The zero-order chi connectivity index (χ0) is 12.8. The van der Waals surface area contributed by atoms with Crippen molar-refractivity contribution in [3.63, 3.8) is 0 Å². The fraction of sp³-hybridized carbons (Fsp3) is 0.917. The first kappa shape index (κ1) is 14.4. The standard InChI is InChI=1S/C12H26N4O/c1-10(2)11(13)12(17)14-4-5-16-8-6-15(3)7-9-16/h10-11H,4-9,13H2,1-3H3,(H,14,17). The maximum atomic E-state index is 11.6. The zero-order valence-electron chi connectivity index (χ0n) is 11.3. The summed E-state index contributed by atoms with van der Waals surface area (Å²) in [6.07, 6.45) is 0. The molecule has 0 bridgehead atoms. The van der Waals surface area contributed by atoms with Crippen LogP contribution in [0.15, 0.2) is 0 Å². The molecule has 1 aliphatic rings. The summed E-state index contributed by atoms with van der Waals surface area (Å²) < 4.78 is 0. The Bertz CT molecular complexity index is 237. The molecule has 1 atom stereocenters. The van der Waals surface area contributed by atoms with Gasteiger partial charge in [-0.25, -0.2) is 0 Å². The summed E-state index contributed by atoms with van der Waals surface area (Å²) in [6, 6.07) is -0.387. The van der Waals surface area contributed by atoms with Crippen LogP contribution in [0.5, 0.6) is 0 Å². The van der Waals surface area contributed by atoms with E-state index in [1.54, 1.807) is 0 Å². The number of hydrogen-bond donors (Lipinski definition) is 2. The van der Waals surface area contributed by atoms with Gasteiger partial charge in [0.25, 0.3) is 0 Å². The van der Waals surface area contributed by atoms with Crippen LogP contribution in [-0.4, -0.2) is 68.1 Å². The van der Waals surface area contributed by atoms with Gasteiger partial charge < -0.3 is 16.0 Å². The molecule has 1 heterocycles. The van der Waals surface area contributed by atoms with Crippen molar-refractivity contribution >= 4 is 5.91 Å². The highest BCUT2D eigenvalue weighted by atomic mass is 16.2. The topological polar surface area (TPSA) is 61.6 Å². The summed E-state index contributed by atoms with van der Waals surface area (Å²) in [5.74, 6) is 0.160. The Morgan fingerprint density at radius 1 is 1.29 bits per heavy atom. The van der Waals surface area contributed by atoms with E-state index in [1.807, 2.05) is 13.8 Å². The van der Waals surface area contributed by atoms with Gasteiger partial charge in [-0.1, -0.05) is 13.8 Å². The molecule has 0 saturated carbocycles. The molecule has 0 aliphatic carbocycles. The largest absolute Gasteiger partial charge is 0.353 e. The van der Waals surface area contributed by atoms with Gasteiger partial charge in [0.2, 0.25) is 5.91 Å². The van der Waals surface area contributed by atoms with E-state index in [-0.39, 0.29) is 17.9 Å². The molecule has 5 nitrogen and oxygen atoms in total. The number of likely N-dealkylation sites (N-methyl/N-ethyl adjacent to an activating group) is 1. The zero-order valence-corrected chi connectivity index (χ0v) is 11.3. The fourth-order valence-electron chi connectivity index (χ4n) is 1.83. The molecule has 0 spiro atoms. The predicted molar refractivity (Wildman–Crippen MR) is 69.8 cm³/mol. The molecule has 1 aliphatic heterocycles. The third-order valence-electron chi connectivity index (χ3n) is 3.34. The first-order valence-electron chi connectivity index (χ1n) is 6.45. The van der Waals surface area contributed by atoms with Crippen molar-refractivity contribution < 1.29 is 4.79 Å². The quantitative estimate of drug-likeness (QED) is 0.671. The van der Waals surface area contributed by atoms with Crippen LogP contribution in [0, 0.1) is 5.92 Å². The number of hydrogen-bond acceptors (Lipinski definition) is 4. The summed E-state index contributed by atoms with van der Waals surface area (Å²) in [5, 5.41) is 2.90. The number of nitrogens with two attached hydrogens (primary N) is 1. The second-order valence-corrected chi connectivity index (χ2v) is 5.21. The molecule has 0 aromatic rings. The van der Waals surface area contributed by atoms with Gasteiger partial charge >= 0.3 is 0 Å². The van der Waals surface area contributed by atoms with Crippen molar-refractivity contribution in [1.29, 1.82) is 0 Å². The number of piperazine rings is 1. The molecule has 3 N–H and O–H groups in total. The van der Waals surface area contributed by atoms with Gasteiger partial charge in [-0.05, 0) is 13.0 Å². The van der Waals surface area contributed by atoms with Crippen molar-refractivity contribution in [3.8, 4) is 0 Å². The van der Waals surface area contributed by atoms with E-state index >= 15 is 0 Å². The SMILES string of the molecule is CC(C)C(N)C(=O)NCCN1CCN(C)CC1. The lowest BCUT2D eigenvalue weighted by atomic mass is 10.1. The van der Waals surface area contributed by atoms with E-state index in [0.29, 0.717) is 6.54 Å². The van der Waals surface area contributed by atoms with Crippen LogP contribution in [0.25, 0.3) is 0 Å². The third-order valence-corrected chi connectivity index (χ3v) is 3.34. The van der Waals surface area contributed by atoms with Gasteiger partial charge in [-0.2, -0.15) is 0 Å². The normalized spacial score (nSPS) is 20.5. The highest BCUT2D eigenvalue weighted by molar-refractivity contribution is 5.81. The summed E-state index contributed by atoms with van der Waals surface area (Å²) in [4.78, 5) is 16.3. The van der Waals surface area contributed by atoms with Gasteiger partial charge in [-0.15, -0.1) is 0 Å². The molecule has 1 unspecified atom stereocenters. The number of nitrogens with zero attached hydrogens (tertiary/aromatic N) is 2. The van der Waals surface area contributed by atoms with Crippen LogP contribution in [0.2, 0.25) is 0 Å². The van der Waals surface area contributed by atoms with E-state index in [9.17, 15) is 4.79 Å². The van der Waals surface area contributed by atoms with Crippen molar-refractivity contribution in [2.24, 2.45) is 11.7 Å². The van der Waals surface area contributed by atoms with E-state index in [2.05, 4.69) is 22.2 Å². The molecule has 1 rings (SSSR count). The van der Waals surface area contributed by atoms with Crippen LogP contribution < -0.4 is 11.1 Å². The average Bonchev–Trinajstić information content (AvgIpc) is 2.30. The summed E-state index contributed by atoms with van der Waals surface area (Å²) in [7, 11) is 2.14. The minimum atomic E-state index is -0.387. The molecular weight excluding hydrogens is 216 g/mol. The molecule has 5 heteroatoms. The van der Waals surface area contributed by atoms with Crippen LogP contribution >= 0.6 is 0 Å². The lowest BCUT2D eigenvalue weighted by molar-refractivity contribution is -0.123. The number of carbonyl (C=O) groups excluding carboxylic acids is 1. The molecule has 1 amide bonds. The summed E-state index contributed by atoms with van der Waals surface area (Å²) in [6.45, 7) is 9.94. The smallest absolute Gasteiger partial charge is 0.237 e. The van der Waals surface area contributed by atoms with Crippen molar-refractivity contribution in [2.75, 3.05) is 46.3 Å². The molecule has 1 fully saturated rings. The Morgan fingerprint density at radius 3 is 2.41 bits per heavy atom. The summed E-state index contributed by atoms with van der Waals surface area (Å²) >= 11 is 0. The lowest BCUT2D eigenvalue weighted by Crippen LogP contribution is -2.49. The van der Waals surface area contributed by atoms with Crippen LogP contribution in [0.3, 0.4) is 0 Å². The molecule has 0 radical (unpaired) electrons. The van der Waals surface area contributed by atoms with Gasteiger partial charge in [0.15, 0.2) is 0 Å². The number of carbonyl (C=O) groups is 1. The maximum absolute atomic E-state index is 11.6. The van der Waals surface area contributed by atoms with Crippen molar-refractivity contribution in [3.05, 3.63) is 0 Å². The minimum absolute atomic E-state index is 0.0332. The monoisotopic (exact) mass is 242 g/mol. The van der Waals surface area contributed by atoms with Crippen LogP contribution in [0.1, 0.15) is 13.8 Å². The second kappa shape index (κ2) is 6.93. The fourth-order valence-corrected chi connectivity index (χ4v) is 1.83. The van der Waals surface area contributed by atoms with Gasteiger partial charge in [0.05, 0.1) is 6.04 Å². The minimum Gasteiger partial charge on any atom is -0.353 e. The maximum Gasteiger partial charge on any atom is 0.237 e. The number of nitrogens with one attached hydrogen (secondary N) is 1. The number of amides is 1. The highest BCUT2D eigenvalue weighted by Gasteiger charge is 2.17. The Labute approximate surface area is 104 Å². The number of rotatable bonds is 5. The van der Waals surface area contributed by atoms with Crippen molar-refractivity contribution in [2.45, 2.75) is 19.9 Å².